The Labute approximate surface area is 242 Å². The molecule has 8 nitrogen and oxygen atoms in total. The molecule has 41 heavy (non-hydrogen) atoms. The molecule has 1 aliphatic rings. The number of carbonyl (C=O) groups is 1. The van der Waals surface area contributed by atoms with Crippen molar-refractivity contribution in [2.24, 2.45) is 0 Å². The van der Waals surface area contributed by atoms with Gasteiger partial charge in [-0.05, 0) is 79.3 Å². The minimum atomic E-state index is -3.68. The number of rotatable bonds is 5. The van der Waals surface area contributed by atoms with Gasteiger partial charge in [-0.15, -0.1) is 10.2 Å². The predicted octanol–water partition coefficient (Wildman–Crippen LogP) is 5.77. The highest BCUT2D eigenvalue weighted by molar-refractivity contribution is 7.89. The first kappa shape index (κ1) is 28.7. The van der Waals surface area contributed by atoms with Crippen molar-refractivity contribution in [3.05, 3.63) is 88.5 Å². The smallest absolute Gasteiger partial charge is 0.253 e. The number of sulfonamides is 1. The van der Waals surface area contributed by atoms with Crippen LogP contribution in [0.4, 0.5) is 0 Å². The molecule has 1 aliphatic heterocycles. The van der Waals surface area contributed by atoms with Crippen molar-refractivity contribution in [2.75, 3.05) is 26.2 Å². The summed E-state index contributed by atoms with van der Waals surface area (Å²) >= 11 is 0. The Morgan fingerprint density at radius 1 is 0.780 bits per heavy atom. The molecule has 1 amide bonds. The van der Waals surface area contributed by atoms with Gasteiger partial charge in [-0.1, -0.05) is 50.6 Å². The Kier molecular flexibility index (Phi) is 7.61. The highest BCUT2D eigenvalue weighted by Crippen LogP contribution is 2.31. The molecule has 0 aliphatic carbocycles. The summed E-state index contributed by atoms with van der Waals surface area (Å²) in [5, 5.41) is 8.31. The molecule has 0 unspecified atom stereocenters. The lowest BCUT2D eigenvalue weighted by molar-refractivity contribution is 0.0698. The molecule has 0 spiro atoms. The Morgan fingerprint density at radius 2 is 1.27 bits per heavy atom. The minimum absolute atomic E-state index is 0.0717. The fourth-order valence-electron chi connectivity index (χ4n) is 5.14. The van der Waals surface area contributed by atoms with Crippen LogP contribution in [0.1, 0.15) is 53.4 Å². The summed E-state index contributed by atoms with van der Waals surface area (Å²) in [6.45, 7) is 13.2. The fraction of sp³-hybridized carbons (Fsp3) is 0.344. The Morgan fingerprint density at radius 3 is 1.76 bits per heavy atom. The summed E-state index contributed by atoms with van der Waals surface area (Å²) in [6, 6.07) is 18.8. The molecule has 0 bridgehead atoms. The quantitative estimate of drug-likeness (QED) is 0.301. The standard InChI is InChI=1S/C32H36N4O4S/c1-21-7-9-24(10-8-21)29-33-34-30(40-29)25-11-13-26(14-12-25)31(37)35-15-17-36(18-16-35)41(38,39)28-22(2)19-27(20-23(28)3)32(4,5)6/h7-14,19-20H,15-18H2,1-6H3. The number of aromatic nitrogens is 2. The van der Waals surface area contributed by atoms with Crippen LogP contribution in [0.25, 0.3) is 22.9 Å². The van der Waals surface area contributed by atoms with E-state index in [4.69, 9.17) is 4.42 Å². The van der Waals surface area contributed by atoms with E-state index in [1.165, 1.54) is 4.31 Å². The summed E-state index contributed by atoms with van der Waals surface area (Å²) < 4.78 is 34.6. The van der Waals surface area contributed by atoms with E-state index in [0.29, 0.717) is 40.9 Å². The molecule has 1 saturated heterocycles. The first-order valence-electron chi connectivity index (χ1n) is 13.8. The first-order chi connectivity index (χ1) is 19.3. The van der Waals surface area contributed by atoms with Crippen LogP contribution in [0.5, 0.6) is 0 Å². The maximum Gasteiger partial charge on any atom is 0.253 e. The van der Waals surface area contributed by atoms with E-state index in [1.807, 2.05) is 57.2 Å². The van der Waals surface area contributed by atoms with Gasteiger partial charge in [0.25, 0.3) is 5.91 Å². The number of nitrogens with zero attached hydrogens (tertiary/aromatic N) is 4. The van der Waals surface area contributed by atoms with Crippen LogP contribution in [0.3, 0.4) is 0 Å². The van der Waals surface area contributed by atoms with E-state index in [9.17, 15) is 13.2 Å². The number of hydrogen-bond donors (Lipinski definition) is 0. The zero-order chi connectivity index (χ0) is 29.5. The Hall–Kier alpha value is -3.82. The summed E-state index contributed by atoms with van der Waals surface area (Å²) in [7, 11) is -3.68. The number of amides is 1. The van der Waals surface area contributed by atoms with Crippen molar-refractivity contribution >= 4 is 15.9 Å². The van der Waals surface area contributed by atoms with Crippen LogP contribution < -0.4 is 0 Å². The van der Waals surface area contributed by atoms with Gasteiger partial charge in [-0.2, -0.15) is 4.31 Å². The topological polar surface area (TPSA) is 96.6 Å². The second-order valence-electron chi connectivity index (χ2n) is 11.7. The van der Waals surface area contributed by atoms with Crippen LogP contribution in [0.15, 0.2) is 70.0 Å². The summed E-state index contributed by atoms with van der Waals surface area (Å²) in [6.07, 6.45) is 0. The molecule has 214 valence electrons. The second kappa shape index (κ2) is 10.9. The van der Waals surface area contributed by atoms with Crippen LogP contribution in [-0.4, -0.2) is 59.9 Å². The molecule has 1 aromatic heterocycles. The molecule has 2 heterocycles. The average molecular weight is 573 g/mol. The third-order valence-corrected chi connectivity index (χ3v) is 9.76. The lowest BCUT2D eigenvalue weighted by atomic mass is 9.85. The van der Waals surface area contributed by atoms with Crippen molar-refractivity contribution < 1.29 is 17.6 Å². The molecule has 5 rings (SSSR count). The zero-order valence-corrected chi connectivity index (χ0v) is 25.2. The van der Waals surface area contributed by atoms with E-state index < -0.39 is 10.0 Å². The lowest BCUT2D eigenvalue weighted by Gasteiger charge is -2.35. The summed E-state index contributed by atoms with van der Waals surface area (Å²) in [5.41, 5.74) is 5.76. The average Bonchev–Trinajstić information content (AvgIpc) is 3.42. The van der Waals surface area contributed by atoms with Gasteiger partial charge in [0, 0.05) is 42.9 Å². The Bertz CT molecular complexity index is 1650. The highest BCUT2D eigenvalue weighted by Gasteiger charge is 2.33. The molecular weight excluding hydrogens is 536 g/mol. The van der Waals surface area contributed by atoms with Crippen LogP contribution in [0, 0.1) is 20.8 Å². The fourth-order valence-corrected chi connectivity index (χ4v) is 6.98. The molecule has 1 fully saturated rings. The molecule has 0 saturated carbocycles. The van der Waals surface area contributed by atoms with E-state index in [0.717, 1.165) is 27.8 Å². The summed E-state index contributed by atoms with van der Waals surface area (Å²) in [5.74, 6) is 0.671. The number of hydrogen-bond acceptors (Lipinski definition) is 6. The number of carbonyl (C=O) groups excluding carboxylic acids is 1. The number of benzene rings is 3. The monoisotopic (exact) mass is 572 g/mol. The van der Waals surface area contributed by atoms with Gasteiger partial charge in [0.2, 0.25) is 21.8 Å². The first-order valence-corrected chi connectivity index (χ1v) is 15.2. The van der Waals surface area contributed by atoms with Gasteiger partial charge in [0.15, 0.2) is 0 Å². The maximum absolute atomic E-state index is 13.6. The van der Waals surface area contributed by atoms with Crippen LogP contribution >= 0.6 is 0 Å². The minimum Gasteiger partial charge on any atom is -0.416 e. The van der Waals surface area contributed by atoms with Crippen LogP contribution in [-0.2, 0) is 15.4 Å². The molecule has 0 radical (unpaired) electrons. The molecule has 0 atom stereocenters. The highest BCUT2D eigenvalue weighted by atomic mass is 32.2. The molecule has 9 heteroatoms. The van der Waals surface area contributed by atoms with Crippen molar-refractivity contribution in [3.8, 4) is 22.9 Å². The Balaban J connectivity index is 1.25. The van der Waals surface area contributed by atoms with Crippen molar-refractivity contribution in [1.82, 2.24) is 19.4 Å². The molecule has 0 N–H and O–H groups in total. The maximum atomic E-state index is 13.6. The number of piperazine rings is 1. The van der Waals surface area contributed by atoms with Gasteiger partial charge in [-0.25, -0.2) is 8.42 Å². The van der Waals surface area contributed by atoms with Crippen LogP contribution in [0.2, 0.25) is 0 Å². The molecule has 4 aromatic rings. The normalized spacial score (nSPS) is 14.8. The van der Waals surface area contributed by atoms with Crippen molar-refractivity contribution in [2.45, 2.75) is 51.9 Å². The van der Waals surface area contributed by atoms with Gasteiger partial charge in [0.1, 0.15) is 0 Å². The SMILES string of the molecule is Cc1ccc(-c2nnc(-c3ccc(C(=O)N4CCN(S(=O)(=O)c5c(C)cc(C(C)(C)C)cc5C)CC4)cc3)o2)cc1. The predicted molar refractivity (Wildman–Crippen MR) is 159 cm³/mol. The van der Waals surface area contributed by atoms with Gasteiger partial charge < -0.3 is 9.32 Å². The number of aryl methyl sites for hydroxylation is 3. The van der Waals surface area contributed by atoms with Gasteiger partial charge >= 0.3 is 0 Å². The third kappa shape index (κ3) is 5.83. The molecular formula is C32H36N4O4S. The lowest BCUT2D eigenvalue weighted by Crippen LogP contribution is -2.50. The van der Waals surface area contributed by atoms with Crippen molar-refractivity contribution in [1.29, 1.82) is 0 Å². The zero-order valence-electron chi connectivity index (χ0n) is 24.4. The third-order valence-electron chi connectivity index (χ3n) is 7.55. The van der Waals surface area contributed by atoms with E-state index in [2.05, 4.69) is 31.0 Å². The molecule has 3 aromatic carbocycles. The van der Waals surface area contributed by atoms with E-state index >= 15 is 0 Å². The van der Waals surface area contributed by atoms with E-state index in [1.54, 1.807) is 29.2 Å². The largest absolute Gasteiger partial charge is 0.416 e. The van der Waals surface area contributed by atoms with E-state index in [-0.39, 0.29) is 24.4 Å². The second-order valence-corrected chi connectivity index (χ2v) is 13.6. The van der Waals surface area contributed by atoms with Gasteiger partial charge in [0.05, 0.1) is 4.90 Å². The van der Waals surface area contributed by atoms with Gasteiger partial charge in [-0.3, -0.25) is 4.79 Å². The summed E-state index contributed by atoms with van der Waals surface area (Å²) in [4.78, 5) is 15.3. The van der Waals surface area contributed by atoms with Crippen molar-refractivity contribution in [3.63, 3.8) is 0 Å².